The van der Waals surface area contributed by atoms with Crippen molar-refractivity contribution in [2.45, 2.75) is 13.8 Å². The molecule has 0 aliphatic heterocycles. The normalized spacial score (nSPS) is 10.0. The van der Waals surface area contributed by atoms with Crippen molar-refractivity contribution in [2.75, 3.05) is 38.6 Å². The first-order valence-electron chi connectivity index (χ1n) is 7.18. The van der Waals surface area contributed by atoms with Crippen LogP contribution in [0.3, 0.4) is 0 Å². The minimum absolute atomic E-state index is 0. The molecule has 0 saturated carbocycles. The molecule has 1 heterocycles. The van der Waals surface area contributed by atoms with E-state index in [1.807, 2.05) is 12.1 Å². The van der Waals surface area contributed by atoms with Crippen molar-refractivity contribution in [2.24, 2.45) is 0 Å². The van der Waals surface area contributed by atoms with Crippen LogP contribution in [0.15, 0.2) is 30.5 Å². The zero-order valence-corrected chi connectivity index (χ0v) is 14.2. The molecule has 3 N–H and O–H groups in total. The third-order valence-electron chi connectivity index (χ3n) is 3.59. The molecular formula is C16H26ClN3O2. The van der Waals surface area contributed by atoms with Crippen LogP contribution in [0.1, 0.15) is 13.8 Å². The van der Waals surface area contributed by atoms with Crippen LogP contribution in [0.2, 0.25) is 0 Å². The molecule has 0 fully saturated rings. The monoisotopic (exact) mass is 327 g/mol. The maximum absolute atomic E-state index is 5.36. The van der Waals surface area contributed by atoms with Crippen molar-refractivity contribution in [1.82, 2.24) is 9.88 Å². The second-order valence-corrected chi connectivity index (χ2v) is 4.67. The second-order valence-electron chi connectivity index (χ2n) is 4.67. The average Bonchev–Trinajstić information content (AvgIpc) is 2.51. The van der Waals surface area contributed by atoms with E-state index in [1.54, 1.807) is 13.3 Å². The number of nitrogens with one attached hydrogen (secondary N) is 1. The number of hydrogen-bond acceptors (Lipinski definition) is 4. The van der Waals surface area contributed by atoms with Crippen molar-refractivity contribution in [3.05, 3.63) is 30.5 Å². The summed E-state index contributed by atoms with van der Waals surface area (Å²) in [4.78, 5) is 6.81. The zero-order chi connectivity index (χ0) is 14.4. The summed E-state index contributed by atoms with van der Waals surface area (Å²) in [7, 11) is 1.68. The number of halogens is 1. The number of likely N-dealkylation sites (N-methyl/N-ethyl adjacent to an activating group) is 1. The van der Waals surface area contributed by atoms with Crippen LogP contribution < -0.4 is 10.1 Å². The number of benzene rings is 1. The highest BCUT2D eigenvalue weighted by Gasteiger charge is 2.07. The maximum Gasteiger partial charge on any atom is 0.145 e. The Bertz CT molecular complexity index is 562. The van der Waals surface area contributed by atoms with Crippen LogP contribution in [0, 0.1) is 0 Å². The Morgan fingerprint density at radius 1 is 1.18 bits per heavy atom. The van der Waals surface area contributed by atoms with Gasteiger partial charge in [-0.2, -0.15) is 0 Å². The quantitative estimate of drug-likeness (QED) is 0.848. The van der Waals surface area contributed by atoms with Crippen LogP contribution in [-0.2, 0) is 0 Å². The predicted octanol–water partition coefficient (Wildman–Crippen LogP) is 2.59. The summed E-state index contributed by atoms with van der Waals surface area (Å²) < 4.78 is 5.36. The molecule has 2 rings (SSSR count). The summed E-state index contributed by atoms with van der Waals surface area (Å²) in [5, 5.41) is 4.60. The number of nitrogens with zero attached hydrogens (tertiary/aromatic N) is 2. The fourth-order valence-corrected chi connectivity index (χ4v) is 2.35. The molecule has 0 unspecified atom stereocenters. The zero-order valence-electron chi connectivity index (χ0n) is 13.4. The van der Waals surface area contributed by atoms with Gasteiger partial charge >= 0.3 is 0 Å². The number of aromatic nitrogens is 1. The lowest BCUT2D eigenvalue weighted by Gasteiger charge is -2.19. The molecule has 22 heavy (non-hydrogen) atoms. The van der Waals surface area contributed by atoms with Gasteiger partial charge in [-0.1, -0.05) is 13.8 Å². The van der Waals surface area contributed by atoms with Crippen LogP contribution in [0.5, 0.6) is 5.75 Å². The Kier molecular flexibility index (Phi) is 9.49. The number of methoxy groups -OCH3 is 1. The van der Waals surface area contributed by atoms with Crippen LogP contribution in [0.25, 0.3) is 10.9 Å². The van der Waals surface area contributed by atoms with E-state index in [-0.39, 0.29) is 17.9 Å². The van der Waals surface area contributed by atoms with Crippen LogP contribution in [-0.4, -0.2) is 48.6 Å². The molecule has 0 aliphatic rings. The molecule has 124 valence electrons. The third kappa shape index (κ3) is 4.73. The average molecular weight is 328 g/mol. The number of fused-ring (bicyclic) bond motifs is 1. The lowest BCUT2D eigenvalue weighted by molar-refractivity contribution is 0.316. The SMILES string of the molecule is CCN(CC)CCNc1ccc(OC)c2ncccc12.Cl.O. The Hall–Kier alpha value is -1.56. The summed E-state index contributed by atoms with van der Waals surface area (Å²) in [5.41, 5.74) is 2.02. The van der Waals surface area contributed by atoms with Gasteiger partial charge in [-0.15, -0.1) is 12.4 Å². The van der Waals surface area contributed by atoms with E-state index in [0.29, 0.717) is 0 Å². The van der Waals surface area contributed by atoms with Gasteiger partial charge < -0.3 is 20.4 Å². The van der Waals surface area contributed by atoms with Crippen LogP contribution in [0.4, 0.5) is 5.69 Å². The van der Waals surface area contributed by atoms with Crippen molar-refractivity contribution in [1.29, 1.82) is 0 Å². The highest BCUT2D eigenvalue weighted by atomic mass is 35.5. The maximum atomic E-state index is 5.36. The fraction of sp³-hybridized carbons (Fsp3) is 0.438. The molecule has 0 atom stereocenters. The van der Waals surface area contributed by atoms with Crippen molar-refractivity contribution >= 4 is 29.0 Å². The number of rotatable bonds is 7. The largest absolute Gasteiger partial charge is 0.494 e. The van der Waals surface area contributed by atoms with E-state index in [0.717, 1.165) is 48.5 Å². The molecule has 0 aliphatic carbocycles. The minimum atomic E-state index is 0. The Morgan fingerprint density at radius 2 is 1.91 bits per heavy atom. The van der Waals surface area contributed by atoms with Crippen LogP contribution >= 0.6 is 12.4 Å². The summed E-state index contributed by atoms with van der Waals surface area (Å²) in [6, 6.07) is 8.06. The van der Waals surface area contributed by atoms with Gasteiger partial charge in [-0.3, -0.25) is 4.98 Å². The van der Waals surface area contributed by atoms with Gasteiger partial charge in [0.05, 0.1) is 7.11 Å². The van der Waals surface area contributed by atoms with Gasteiger partial charge in [0, 0.05) is 30.4 Å². The molecule has 0 bridgehead atoms. The van der Waals surface area contributed by atoms with E-state index in [9.17, 15) is 0 Å². The molecule has 1 aromatic heterocycles. The Morgan fingerprint density at radius 3 is 2.55 bits per heavy atom. The first-order valence-corrected chi connectivity index (χ1v) is 7.18. The number of ether oxygens (including phenoxy) is 1. The number of pyridine rings is 1. The highest BCUT2D eigenvalue weighted by molar-refractivity contribution is 5.95. The minimum Gasteiger partial charge on any atom is -0.494 e. The number of hydrogen-bond donors (Lipinski definition) is 1. The predicted molar refractivity (Wildman–Crippen MR) is 95.4 cm³/mol. The van der Waals surface area contributed by atoms with Crippen molar-refractivity contribution in [3.8, 4) is 5.75 Å². The van der Waals surface area contributed by atoms with Gasteiger partial charge in [-0.25, -0.2) is 0 Å². The van der Waals surface area contributed by atoms with Crippen molar-refractivity contribution in [3.63, 3.8) is 0 Å². The van der Waals surface area contributed by atoms with Gasteiger partial charge in [0.2, 0.25) is 0 Å². The lowest BCUT2D eigenvalue weighted by atomic mass is 10.1. The summed E-state index contributed by atoms with van der Waals surface area (Å²) >= 11 is 0. The molecule has 0 saturated heterocycles. The molecule has 5 nitrogen and oxygen atoms in total. The first-order chi connectivity index (χ1) is 9.80. The third-order valence-corrected chi connectivity index (χ3v) is 3.59. The molecule has 6 heteroatoms. The number of anilines is 1. The molecule has 1 aromatic carbocycles. The van der Waals surface area contributed by atoms with Gasteiger partial charge in [0.25, 0.3) is 0 Å². The molecule has 0 spiro atoms. The fourth-order valence-electron chi connectivity index (χ4n) is 2.35. The van der Waals surface area contributed by atoms with E-state index < -0.39 is 0 Å². The second kappa shape index (κ2) is 10.2. The van der Waals surface area contributed by atoms with Gasteiger partial charge in [-0.05, 0) is 37.4 Å². The Labute approximate surface area is 138 Å². The molecular weight excluding hydrogens is 302 g/mol. The molecule has 0 amide bonds. The van der Waals surface area contributed by atoms with E-state index in [1.165, 1.54) is 0 Å². The van der Waals surface area contributed by atoms with Gasteiger partial charge in [0.1, 0.15) is 11.3 Å². The van der Waals surface area contributed by atoms with Gasteiger partial charge in [0.15, 0.2) is 0 Å². The van der Waals surface area contributed by atoms with E-state index in [2.05, 4.69) is 41.2 Å². The Balaban J connectivity index is 0.00000220. The smallest absolute Gasteiger partial charge is 0.145 e. The molecule has 2 aromatic rings. The summed E-state index contributed by atoms with van der Waals surface area (Å²) in [6.07, 6.45) is 1.80. The summed E-state index contributed by atoms with van der Waals surface area (Å²) in [5.74, 6) is 0.815. The van der Waals surface area contributed by atoms with Crippen molar-refractivity contribution < 1.29 is 10.2 Å². The molecule has 0 radical (unpaired) electrons. The summed E-state index contributed by atoms with van der Waals surface area (Å²) in [6.45, 7) is 8.53. The topological polar surface area (TPSA) is 68.9 Å². The lowest BCUT2D eigenvalue weighted by Crippen LogP contribution is -2.28. The standard InChI is InChI=1S/C16H23N3O.ClH.H2O/c1-4-19(5-2)12-11-17-14-8-9-15(20-3)16-13(14)7-6-10-18-16;;/h6-10,17H,4-5,11-12H2,1-3H3;1H;1H2. The van der Waals surface area contributed by atoms with E-state index in [4.69, 9.17) is 4.74 Å². The van der Waals surface area contributed by atoms with E-state index >= 15 is 0 Å². The highest BCUT2D eigenvalue weighted by Crippen LogP contribution is 2.29. The first kappa shape index (κ1) is 20.4.